The zero-order valence-corrected chi connectivity index (χ0v) is 27.2. The molecule has 2 heteroatoms. The fraction of sp³-hybridized carbons (Fsp3) is 0.0870. The molecule has 1 atom stereocenters. The van der Waals surface area contributed by atoms with Crippen molar-refractivity contribution in [3.05, 3.63) is 168 Å². The van der Waals surface area contributed by atoms with E-state index in [2.05, 4.69) is 176 Å². The van der Waals surface area contributed by atoms with E-state index in [4.69, 9.17) is 0 Å². The van der Waals surface area contributed by atoms with Gasteiger partial charge in [0, 0.05) is 51.6 Å². The Morgan fingerprint density at radius 2 is 1.12 bits per heavy atom. The van der Waals surface area contributed by atoms with Gasteiger partial charge >= 0.3 is 0 Å². The van der Waals surface area contributed by atoms with Crippen LogP contribution in [-0.2, 0) is 6.54 Å². The monoisotopic (exact) mass is 617 g/mol. The SMILES string of the molecule is CCn1c2ccccc2c2cc([NH+]3C=c4c(-c5ccccc5)c(C5=CC=CCC5)c(-c5ccccc5)c(-c5ccccc5)c4=C3)ccc21. The Hall–Kier alpha value is -5.70. The molecule has 2 aliphatic rings. The smallest absolute Gasteiger partial charge is 0.141 e. The molecule has 1 unspecified atom stereocenters. The maximum Gasteiger partial charge on any atom is 0.141 e. The van der Waals surface area contributed by atoms with E-state index in [0.717, 1.165) is 19.4 Å². The van der Waals surface area contributed by atoms with Gasteiger partial charge in [-0.15, -0.1) is 0 Å². The van der Waals surface area contributed by atoms with Crippen LogP contribution >= 0.6 is 0 Å². The molecule has 0 radical (unpaired) electrons. The number of aromatic nitrogens is 1. The third kappa shape index (κ3) is 4.60. The highest BCUT2D eigenvalue weighted by molar-refractivity contribution is 6.09. The van der Waals surface area contributed by atoms with Crippen LogP contribution in [0.15, 0.2) is 152 Å². The summed E-state index contributed by atoms with van der Waals surface area (Å²) in [4.78, 5) is 1.25. The molecule has 2 nitrogen and oxygen atoms in total. The number of hydrogen-bond donors (Lipinski definition) is 1. The van der Waals surface area contributed by atoms with Gasteiger partial charge in [-0.3, -0.25) is 0 Å². The minimum Gasteiger partial charge on any atom is -0.341 e. The number of fused-ring (bicyclic) bond motifs is 4. The first-order valence-corrected chi connectivity index (χ1v) is 17.1. The molecular weight excluding hydrogens is 581 g/mol. The van der Waals surface area contributed by atoms with Gasteiger partial charge in [-0.25, -0.2) is 4.90 Å². The number of para-hydroxylation sites is 1. The predicted octanol–water partition coefficient (Wildman–Crippen LogP) is 9.26. The van der Waals surface area contributed by atoms with Gasteiger partial charge in [0.25, 0.3) is 0 Å². The maximum atomic E-state index is 2.46. The van der Waals surface area contributed by atoms with Gasteiger partial charge < -0.3 is 4.57 Å². The number of nitrogens with zero attached hydrogens (tertiary/aromatic N) is 1. The summed E-state index contributed by atoms with van der Waals surface area (Å²) >= 11 is 0. The van der Waals surface area contributed by atoms with Crippen molar-refractivity contribution >= 4 is 45.5 Å². The Morgan fingerprint density at radius 3 is 1.73 bits per heavy atom. The summed E-state index contributed by atoms with van der Waals surface area (Å²) in [5.41, 5.74) is 14.3. The third-order valence-electron chi connectivity index (χ3n) is 10.1. The highest BCUT2D eigenvalue weighted by atomic mass is 15.1. The molecule has 0 amide bonds. The molecule has 9 rings (SSSR count). The minimum atomic E-state index is 0.945. The molecule has 0 fully saturated rings. The Morgan fingerprint density at radius 1 is 0.562 bits per heavy atom. The molecule has 230 valence electrons. The molecule has 0 bridgehead atoms. The highest BCUT2D eigenvalue weighted by Gasteiger charge is 2.28. The largest absolute Gasteiger partial charge is 0.341 e. The summed E-state index contributed by atoms with van der Waals surface area (Å²) in [6.45, 7) is 3.18. The number of benzene rings is 6. The summed E-state index contributed by atoms with van der Waals surface area (Å²) in [6.07, 6.45) is 13.9. The van der Waals surface area contributed by atoms with Crippen LogP contribution in [0.5, 0.6) is 0 Å². The average molecular weight is 618 g/mol. The predicted molar refractivity (Wildman–Crippen MR) is 203 cm³/mol. The number of quaternary nitrogens is 1. The van der Waals surface area contributed by atoms with E-state index in [1.165, 1.54) is 87.3 Å². The van der Waals surface area contributed by atoms with E-state index in [0.29, 0.717) is 0 Å². The summed E-state index contributed by atoms with van der Waals surface area (Å²) < 4.78 is 2.43. The molecule has 0 spiro atoms. The van der Waals surface area contributed by atoms with Gasteiger partial charge in [-0.05, 0) is 65.3 Å². The van der Waals surface area contributed by atoms with E-state index in [9.17, 15) is 0 Å². The van der Waals surface area contributed by atoms with Crippen LogP contribution in [0.4, 0.5) is 5.69 Å². The zero-order chi connectivity index (χ0) is 32.0. The van der Waals surface area contributed by atoms with Gasteiger partial charge in [0.15, 0.2) is 0 Å². The van der Waals surface area contributed by atoms with Crippen LogP contribution < -0.4 is 15.3 Å². The van der Waals surface area contributed by atoms with Crippen LogP contribution in [0.3, 0.4) is 0 Å². The lowest BCUT2D eigenvalue weighted by molar-refractivity contribution is -0.643. The average Bonchev–Trinajstić information content (AvgIpc) is 3.74. The van der Waals surface area contributed by atoms with E-state index in [1.807, 2.05) is 0 Å². The van der Waals surface area contributed by atoms with Crippen LogP contribution in [0.25, 0.3) is 73.2 Å². The Kier molecular flexibility index (Phi) is 7.03. The molecule has 2 heterocycles. The van der Waals surface area contributed by atoms with E-state index < -0.39 is 0 Å². The van der Waals surface area contributed by atoms with Gasteiger partial charge in [-0.2, -0.15) is 0 Å². The number of hydrogen-bond acceptors (Lipinski definition) is 0. The van der Waals surface area contributed by atoms with Crippen LogP contribution in [0.2, 0.25) is 0 Å². The van der Waals surface area contributed by atoms with E-state index in [1.54, 1.807) is 0 Å². The van der Waals surface area contributed by atoms with Crippen molar-refractivity contribution in [3.8, 4) is 33.4 Å². The standard InChI is InChI=1S/C46H36N2/c1-2-48-41-26-16-15-25-37(41)38-29-36(27-28-42(38)48)47-30-39-40(31-47)44(33-19-9-4-10-20-33)46(35-23-13-6-14-24-35)45(34-21-11-5-12-22-34)43(39)32-17-7-3-8-18-32/h3-13,15-23,25-31H,2,14,24H2,1H3/p+1. The molecule has 1 aliphatic carbocycles. The first kappa shape index (κ1) is 28.5. The van der Waals surface area contributed by atoms with Gasteiger partial charge in [-0.1, -0.05) is 127 Å². The lowest BCUT2D eigenvalue weighted by atomic mass is 9.79. The summed E-state index contributed by atoms with van der Waals surface area (Å²) in [5, 5.41) is 5.22. The molecule has 1 aromatic heterocycles. The number of nitrogens with one attached hydrogen (secondary N) is 1. The molecular formula is C46H37N2+. The van der Waals surface area contributed by atoms with Crippen molar-refractivity contribution in [1.29, 1.82) is 0 Å². The van der Waals surface area contributed by atoms with Crippen molar-refractivity contribution in [2.45, 2.75) is 26.3 Å². The van der Waals surface area contributed by atoms with Crippen molar-refractivity contribution in [2.75, 3.05) is 0 Å². The number of rotatable bonds is 6. The summed E-state index contributed by atoms with van der Waals surface area (Å²) in [6, 6.07) is 49.0. The third-order valence-corrected chi connectivity index (χ3v) is 10.1. The van der Waals surface area contributed by atoms with E-state index >= 15 is 0 Å². The fourth-order valence-electron chi connectivity index (χ4n) is 8.02. The molecule has 1 N–H and O–H groups in total. The van der Waals surface area contributed by atoms with Crippen molar-refractivity contribution in [2.24, 2.45) is 0 Å². The lowest BCUT2D eigenvalue weighted by Gasteiger charge is -2.23. The Balaban J connectivity index is 1.41. The van der Waals surface area contributed by atoms with Crippen LogP contribution in [0.1, 0.15) is 25.3 Å². The minimum absolute atomic E-state index is 0.945. The second-order valence-electron chi connectivity index (χ2n) is 12.8. The molecule has 0 saturated carbocycles. The Bertz CT molecular complexity index is 2520. The van der Waals surface area contributed by atoms with Gasteiger partial charge in [0.05, 0.1) is 10.4 Å². The number of aryl methyl sites for hydroxylation is 1. The molecule has 1 aliphatic heterocycles. The second-order valence-corrected chi connectivity index (χ2v) is 12.8. The topological polar surface area (TPSA) is 9.37 Å². The van der Waals surface area contributed by atoms with E-state index in [-0.39, 0.29) is 0 Å². The van der Waals surface area contributed by atoms with Crippen LogP contribution in [0, 0.1) is 0 Å². The normalized spacial score (nSPS) is 15.3. The molecule has 0 saturated heterocycles. The first-order valence-electron chi connectivity index (χ1n) is 17.1. The highest BCUT2D eigenvalue weighted by Crippen LogP contribution is 2.42. The molecule has 6 aromatic carbocycles. The van der Waals surface area contributed by atoms with Crippen molar-refractivity contribution in [1.82, 2.24) is 4.57 Å². The van der Waals surface area contributed by atoms with Crippen molar-refractivity contribution < 1.29 is 4.90 Å². The summed E-state index contributed by atoms with van der Waals surface area (Å²) in [5.74, 6) is 0. The van der Waals surface area contributed by atoms with Crippen LogP contribution in [-0.4, -0.2) is 4.57 Å². The van der Waals surface area contributed by atoms with Gasteiger partial charge in [0.1, 0.15) is 18.1 Å². The van der Waals surface area contributed by atoms with Crippen molar-refractivity contribution in [3.63, 3.8) is 0 Å². The number of allylic oxidation sites excluding steroid dienone is 4. The molecule has 7 aromatic rings. The Labute approximate surface area is 281 Å². The summed E-state index contributed by atoms with van der Waals surface area (Å²) in [7, 11) is 0. The fourth-order valence-corrected chi connectivity index (χ4v) is 8.02. The van der Waals surface area contributed by atoms with Gasteiger partial charge in [0.2, 0.25) is 0 Å². The second kappa shape index (κ2) is 11.8. The molecule has 48 heavy (non-hydrogen) atoms. The maximum absolute atomic E-state index is 2.46. The lowest BCUT2D eigenvalue weighted by Crippen LogP contribution is -2.95. The zero-order valence-electron chi connectivity index (χ0n) is 27.2. The quantitative estimate of drug-likeness (QED) is 0.191. The first-order chi connectivity index (χ1) is 23.8.